The minimum absolute atomic E-state index is 0.0314. The Morgan fingerprint density at radius 2 is 2.00 bits per heavy atom. The number of hydrogen-bond donors (Lipinski definition) is 1. The molecule has 1 atom stereocenters. The molecule has 0 fully saturated rings. The third-order valence-corrected chi connectivity index (χ3v) is 4.67. The highest BCUT2D eigenvalue weighted by molar-refractivity contribution is 9.10. The van der Waals surface area contributed by atoms with Gasteiger partial charge in [-0.3, -0.25) is 0 Å². The fourth-order valence-electron chi connectivity index (χ4n) is 3.01. The predicted octanol–water partition coefficient (Wildman–Crippen LogP) is 5.14. The molecule has 0 radical (unpaired) electrons. The number of fused-ring (bicyclic) bond motifs is 1. The van der Waals surface area contributed by atoms with Gasteiger partial charge in [0.15, 0.2) is 0 Å². The second-order valence-electron chi connectivity index (χ2n) is 5.85. The van der Waals surface area contributed by atoms with Gasteiger partial charge in [0.2, 0.25) is 0 Å². The van der Waals surface area contributed by atoms with E-state index in [1.54, 1.807) is 0 Å². The topological polar surface area (TPSA) is 38.3 Å². The first-order valence-electron chi connectivity index (χ1n) is 7.98. The van der Waals surface area contributed by atoms with Gasteiger partial charge in [-0.15, -0.1) is 0 Å². The Labute approximate surface area is 145 Å². The van der Waals surface area contributed by atoms with E-state index in [0.717, 1.165) is 35.7 Å². The molecule has 1 aliphatic rings. The van der Waals surface area contributed by atoms with Crippen molar-refractivity contribution < 1.29 is 9.53 Å². The summed E-state index contributed by atoms with van der Waals surface area (Å²) < 4.78 is 6.44. The largest absolute Gasteiger partial charge is 0.445 e. The summed E-state index contributed by atoms with van der Waals surface area (Å²) >= 11 is 3.53. The van der Waals surface area contributed by atoms with E-state index < -0.39 is 0 Å². The van der Waals surface area contributed by atoms with Crippen LogP contribution in [0.15, 0.2) is 53.0 Å². The molecule has 4 heteroatoms. The Morgan fingerprint density at radius 1 is 1.17 bits per heavy atom. The van der Waals surface area contributed by atoms with E-state index in [9.17, 15) is 4.79 Å². The van der Waals surface area contributed by atoms with Crippen LogP contribution in [0.3, 0.4) is 0 Å². The third kappa shape index (κ3) is 4.35. The van der Waals surface area contributed by atoms with Crippen molar-refractivity contribution >= 4 is 22.0 Å². The molecule has 0 saturated carbocycles. The lowest BCUT2D eigenvalue weighted by Gasteiger charge is -2.19. The first-order valence-corrected chi connectivity index (χ1v) is 8.77. The number of nitrogens with one attached hydrogen (secondary N) is 1. The SMILES string of the molecule is O=C(NC1CCCCc2cc(Br)ccc21)OCc1ccccc1. The molecule has 0 aromatic heterocycles. The van der Waals surface area contributed by atoms with Crippen LogP contribution in [0.2, 0.25) is 0 Å². The number of ether oxygens (including phenoxy) is 1. The van der Waals surface area contributed by atoms with Crippen molar-refractivity contribution in [1.82, 2.24) is 5.32 Å². The first kappa shape index (κ1) is 16.1. The lowest BCUT2D eigenvalue weighted by Crippen LogP contribution is -2.29. The van der Waals surface area contributed by atoms with Crippen molar-refractivity contribution in [3.05, 3.63) is 69.7 Å². The Hall–Kier alpha value is -1.81. The predicted molar refractivity (Wildman–Crippen MR) is 94.2 cm³/mol. The number of amides is 1. The molecular weight excluding hydrogens is 354 g/mol. The summed E-state index contributed by atoms with van der Waals surface area (Å²) in [6.45, 7) is 0.298. The van der Waals surface area contributed by atoms with E-state index in [1.165, 1.54) is 11.1 Å². The first-order chi connectivity index (χ1) is 11.2. The summed E-state index contributed by atoms with van der Waals surface area (Å²) in [6, 6.07) is 16.1. The Morgan fingerprint density at radius 3 is 2.83 bits per heavy atom. The molecule has 120 valence electrons. The van der Waals surface area contributed by atoms with Gasteiger partial charge in [-0.05, 0) is 48.1 Å². The molecule has 0 heterocycles. The van der Waals surface area contributed by atoms with Crippen molar-refractivity contribution in [1.29, 1.82) is 0 Å². The molecular formula is C19H20BrNO2. The highest BCUT2D eigenvalue weighted by Gasteiger charge is 2.21. The zero-order valence-corrected chi connectivity index (χ0v) is 14.5. The van der Waals surface area contributed by atoms with Crippen molar-refractivity contribution in [2.75, 3.05) is 0 Å². The van der Waals surface area contributed by atoms with E-state index in [-0.39, 0.29) is 12.1 Å². The minimum Gasteiger partial charge on any atom is -0.445 e. The molecule has 1 N–H and O–H groups in total. The van der Waals surface area contributed by atoms with Crippen LogP contribution in [0.25, 0.3) is 0 Å². The molecule has 0 saturated heterocycles. The monoisotopic (exact) mass is 373 g/mol. The summed E-state index contributed by atoms with van der Waals surface area (Å²) in [6.07, 6.45) is 3.92. The summed E-state index contributed by atoms with van der Waals surface area (Å²) in [7, 11) is 0. The van der Waals surface area contributed by atoms with Gasteiger partial charge in [-0.2, -0.15) is 0 Å². The van der Waals surface area contributed by atoms with Gasteiger partial charge >= 0.3 is 6.09 Å². The minimum atomic E-state index is -0.352. The highest BCUT2D eigenvalue weighted by Crippen LogP contribution is 2.30. The van der Waals surface area contributed by atoms with Gasteiger partial charge in [-0.1, -0.05) is 58.7 Å². The van der Waals surface area contributed by atoms with Gasteiger partial charge in [0.1, 0.15) is 6.61 Å². The van der Waals surface area contributed by atoms with E-state index in [1.807, 2.05) is 36.4 Å². The van der Waals surface area contributed by atoms with Crippen molar-refractivity contribution in [2.45, 2.75) is 38.3 Å². The van der Waals surface area contributed by atoms with Gasteiger partial charge in [0.25, 0.3) is 0 Å². The molecule has 0 bridgehead atoms. The van der Waals surface area contributed by atoms with Crippen molar-refractivity contribution in [3.8, 4) is 0 Å². The quantitative estimate of drug-likeness (QED) is 0.756. The van der Waals surface area contributed by atoms with Crippen LogP contribution in [-0.2, 0) is 17.8 Å². The van der Waals surface area contributed by atoms with Gasteiger partial charge in [0.05, 0.1) is 6.04 Å². The molecule has 0 spiro atoms. The Balaban J connectivity index is 1.64. The highest BCUT2D eigenvalue weighted by atomic mass is 79.9. The lowest BCUT2D eigenvalue weighted by atomic mass is 9.99. The van der Waals surface area contributed by atoms with Gasteiger partial charge < -0.3 is 10.1 Å². The van der Waals surface area contributed by atoms with Crippen LogP contribution in [0.4, 0.5) is 4.79 Å². The Bertz CT molecular complexity index is 672. The van der Waals surface area contributed by atoms with Crippen LogP contribution < -0.4 is 5.32 Å². The molecule has 23 heavy (non-hydrogen) atoms. The summed E-state index contributed by atoms with van der Waals surface area (Å²) in [5.41, 5.74) is 3.51. The molecule has 2 aromatic carbocycles. The van der Waals surface area contributed by atoms with E-state index in [0.29, 0.717) is 6.61 Å². The van der Waals surface area contributed by atoms with Crippen LogP contribution in [0, 0.1) is 0 Å². The molecule has 3 rings (SSSR count). The number of carbonyl (C=O) groups is 1. The fraction of sp³-hybridized carbons (Fsp3) is 0.316. The number of aryl methyl sites for hydroxylation is 1. The van der Waals surface area contributed by atoms with Crippen LogP contribution in [0.1, 0.15) is 42.0 Å². The van der Waals surface area contributed by atoms with Crippen LogP contribution >= 0.6 is 15.9 Å². The summed E-state index contributed by atoms with van der Waals surface area (Å²) in [5, 5.41) is 3.03. The molecule has 1 aliphatic carbocycles. The maximum absolute atomic E-state index is 12.1. The fourth-order valence-corrected chi connectivity index (χ4v) is 3.42. The smallest absolute Gasteiger partial charge is 0.407 e. The number of halogens is 1. The third-order valence-electron chi connectivity index (χ3n) is 4.17. The molecule has 2 aromatic rings. The number of rotatable bonds is 3. The average Bonchev–Trinajstić information content (AvgIpc) is 2.76. The number of benzene rings is 2. The number of hydrogen-bond acceptors (Lipinski definition) is 2. The van der Waals surface area contributed by atoms with E-state index in [2.05, 4.69) is 33.4 Å². The normalized spacial score (nSPS) is 17.0. The second kappa shape index (κ2) is 7.64. The van der Waals surface area contributed by atoms with E-state index in [4.69, 9.17) is 4.74 Å². The maximum atomic E-state index is 12.1. The van der Waals surface area contributed by atoms with Crippen LogP contribution in [0.5, 0.6) is 0 Å². The zero-order chi connectivity index (χ0) is 16.1. The van der Waals surface area contributed by atoms with Crippen LogP contribution in [-0.4, -0.2) is 6.09 Å². The lowest BCUT2D eigenvalue weighted by molar-refractivity contribution is 0.135. The summed E-state index contributed by atoms with van der Waals surface area (Å²) in [4.78, 5) is 12.1. The van der Waals surface area contributed by atoms with Crippen molar-refractivity contribution in [2.24, 2.45) is 0 Å². The summed E-state index contributed by atoms with van der Waals surface area (Å²) in [5.74, 6) is 0. The molecule has 3 nitrogen and oxygen atoms in total. The number of alkyl carbamates (subject to hydrolysis) is 1. The van der Waals surface area contributed by atoms with Gasteiger partial charge in [-0.25, -0.2) is 4.79 Å². The Kier molecular flexibility index (Phi) is 5.34. The zero-order valence-electron chi connectivity index (χ0n) is 12.9. The number of carbonyl (C=O) groups excluding carboxylic acids is 1. The standard InChI is InChI=1S/C19H20BrNO2/c20-16-10-11-17-15(12-16)8-4-5-9-18(17)21-19(22)23-13-14-6-2-1-3-7-14/h1-3,6-7,10-12,18H,4-5,8-9,13H2,(H,21,22). The van der Waals surface area contributed by atoms with Crippen molar-refractivity contribution in [3.63, 3.8) is 0 Å². The molecule has 1 unspecified atom stereocenters. The van der Waals surface area contributed by atoms with E-state index >= 15 is 0 Å². The second-order valence-corrected chi connectivity index (χ2v) is 6.76. The maximum Gasteiger partial charge on any atom is 0.407 e. The molecule has 0 aliphatic heterocycles. The average molecular weight is 374 g/mol. The molecule has 1 amide bonds. The van der Waals surface area contributed by atoms with Gasteiger partial charge in [0, 0.05) is 4.47 Å².